The number of anilines is 1. The number of rotatable bonds is 9. The standard InChI is InChI=1S/C43H62N6O10/c1-12-33-43(8)37(49(41(54)59-43)19-14-13-18-48-23-31(45-46-48)29-16-15-17-30(44)21-29)26(4)34(50)24(2)22-42(7,55-11)38(27(5)35(51)28(6)39(53)57-33)58-40-36(52)32(47(9)10)20-25(3)56-40/h14-18,21,23-28,32-33,36-38,40,52H,12,19-20,22,44H2,1-11H3/t13?,24-,25?,26+,27+,28-,32?,33-,36?,37-,38-,40+,42-,43-/m1/s1. The number of hydrogen-bond donors (Lipinski definition) is 2. The SMILES string of the molecule is CC[C@H]1OC(=O)[C@H](C)C(=O)[C@H](C)[C@@H](O[C@@H]2OC(C)CC(N(C)C)C2O)[C@](C)(OC)C[C@@H](C)C(=O)[C@H](C)[C@H]2N(CC=C=Cn3cc(-c4cccc(N)c4)nn3)C(=O)O[C@]12C. The van der Waals surface area contributed by atoms with Gasteiger partial charge in [0, 0.05) is 42.2 Å². The maximum atomic E-state index is 14.7. The van der Waals surface area contributed by atoms with Crippen molar-refractivity contribution in [2.45, 2.75) is 129 Å². The third-order valence-corrected chi connectivity index (χ3v) is 12.5. The number of ketones is 2. The van der Waals surface area contributed by atoms with E-state index in [0.29, 0.717) is 17.8 Å². The first kappa shape index (κ1) is 45.6. The molecule has 3 N–H and O–H groups in total. The lowest BCUT2D eigenvalue weighted by molar-refractivity contribution is -0.295. The highest BCUT2D eigenvalue weighted by molar-refractivity contribution is 6.00. The maximum Gasteiger partial charge on any atom is 0.411 e. The molecule has 13 atom stereocenters. The predicted octanol–water partition coefficient (Wildman–Crippen LogP) is 4.36. The molecule has 0 bridgehead atoms. The minimum absolute atomic E-state index is 0.00305. The summed E-state index contributed by atoms with van der Waals surface area (Å²) in [5.74, 6) is -5.24. The van der Waals surface area contributed by atoms with Crippen LogP contribution in [0.4, 0.5) is 10.5 Å². The minimum Gasteiger partial charge on any atom is -0.458 e. The second-order valence-electron chi connectivity index (χ2n) is 17.0. The molecule has 0 radical (unpaired) electrons. The quantitative estimate of drug-likeness (QED) is 0.157. The summed E-state index contributed by atoms with van der Waals surface area (Å²) in [6, 6.07) is 6.08. The monoisotopic (exact) mass is 822 g/mol. The molecule has 2 aromatic rings. The molecule has 3 aliphatic rings. The number of nitrogen functional groups attached to an aromatic ring is 1. The van der Waals surface area contributed by atoms with Gasteiger partial charge in [-0.1, -0.05) is 45.0 Å². The van der Waals surface area contributed by atoms with E-state index in [4.69, 9.17) is 29.4 Å². The second kappa shape index (κ2) is 18.4. The zero-order valence-electron chi connectivity index (χ0n) is 36.2. The molecule has 1 aromatic carbocycles. The minimum atomic E-state index is -1.48. The van der Waals surface area contributed by atoms with Gasteiger partial charge in [-0.25, -0.2) is 9.48 Å². The summed E-state index contributed by atoms with van der Waals surface area (Å²) < 4.78 is 32.5. The highest BCUT2D eigenvalue weighted by Crippen LogP contribution is 2.43. The van der Waals surface area contributed by atoms with Crippen LogP contribution in [0.1, 0.15) is 74.7 Å². The van der Waals surface area contributed by atoms with Crippen molar-refractivity contribution in [3.8, 4) is 11.3 Å². The molecule has 324 valence electrons. The van der Waals surface area contributed by atoms with Crippen molar-refractivity contribution in [3.63, 3.8) is 0 Å². The Kier molecular flexibility index (Phi) is 14.3. The Balaban J connectivity index is 1.49. The number of aromatic nitrogens is 3. The lowest BCUT2D eigenvalue weighted by atomic mass is 9.73. The smallest absolute Gasteiger partial charge is 0.411 e. The normalized spacial score (nSPS) is 36.0. The van der Waals surface area contributed by atoms with Gasteiger partial charge in [0.25, 0.3) is 0 Å². The summed E-state index contributed by atoms with van der Waals surface area (Å²) in [6.07, 6.45) is 0.483. The first-order chi connectivity index (χ1) is 27.8. The van der Waals surface area contributed by atoms with Gasteiger partial charge in [-0.05, 0) is 79.3 Å². The van der Waals surface area contributed by atoms with Crippen LogP contribution in [0, 0.1) is 23.7 Å². The first-order valence-corrected chi connectivity index (χ1v) is 20.4. The molecule has 4 heterocycles. The number of aliphatic hydroxyl groups is 1. The number of amides is 1. The number of fused-ring (bicyclic) bond motifs is 1. The maximum absolute atomic E-state index is 14.7. The van der Waals surface area contributed by atoms with Crippen LogP contribution < -0.4 is 5.73 Å². The van der Waals surface area contributed by atoms with Gasteiger partial charge in [0.2, 0.25) is 0 Å². The van der Waals surface area contributed by atoms with Crippen molar-refractivity contribution in [1.82, 2.24) is 24.8 Å². The van der Waals surface area contributed by atoms with Gasteiger partial charge >= 0.3 is 12.1 Å². The topological polar surface area (TPSA) is 198 Å². The largest absolute Gasteiger partial charge is 0.458 e. The van der Waals surface area contributed by atoms with E-state index < -0.39 is 83.4 Å². The van der Waals surface area contributed by atoms with Crippen molar-refractivity contribution in [2.75, 3.05) is 33.5 Å². The summed E-state index contributed by atoms with van der Waals surface area (Å²) in [7, 11) is 5.20. The third-order valence-electron chi connectivity index (χ3n) is 12.5. The summed E-state index contributed by atoms with van der Waals surface area (Å²) >= 11 is 0. The van der Waals surface area contributed by atoms with E-state index in [1.807, 2.05) is 38.1 Å². The number of methoxy groups -OCH3 is 1. The van der Waals surface area contributed by atoms with Crippen molar-refractivity contribution < 1.29 is 48.0 Å². The van der Waals surface area contributed by atoms with Crippen LogP contribution in [0.3, 0.4) is 0 Å². The van der Waals surface area contributed by atoms with Crippen LogP contribution in [0.25, 0.3) is 17.5 Å². The van der Waals surface area contributed by atoms with Gasteiger partial charge in [0.05, 0.1) is 42.8 Å². The fraction of sp³-hybridized carbons (Fsp3) is 0.651. The molecule has 16 nitrogen and oxygen atoms in total. The van der Waals surface area contributed by atoms with Crippen LogP contribution in [0.2, 0.25) is 0 Å². The second-order valence-corrected chi connectivity index (χ2v) is 17.0. The Bertz CT molecular complexity index is 1910. The van der Waals surface area contributed by atoms with Gasteiger partial charge in [-0.15, -0.1) is 10.8 Å². The van der Waals surface area contributed by atoms with Crippen molar-refractivity contribution in [3.05, 3.63) is 42.3 Å². The number of benzene rings is 1. The number of nitrogens with two attached hydrogens (primary N) is 1. The third kappa shape index (κ3) is 9.48. The molecule has 3 unspecified atom stereocenters. The van der Waals surface area contributed by atoms with Gasteiger partial charge in [-0.3, -0.25) is 19.3 Å². The van der Waals surface area contributed by atoms with Gasteiger partial charge in [0.1, 0.15) is 29.6 Å². The van der Waals surface area contributed by atoms with Crippen LogP contribution >= 0.6 is 0 Å². The number of carbonyl (C=O) groups is 4. The number of carbonyl (C=O) groups excluding carboxylic acids is 4. The molecule has 3 saturated heterocycles. The zero-order chi connectivity index (χ0) is 43.6. The number of hydrogen-bond acceptors (Lipinski definition) is 14. The molecule has 5 rings (SSSR count). The van der Waals surface area contributed by atoms with E-state index in [1.165, 1.54) is 23.6 Å². The van der Waals surface area contributed by atoms with E-state index in [1.54, 1.807) is 72.1 Å². The van der Waals surface area contributed by atoms with E-state index in [2.05, 4.69) is 16.0 Å². The fourth-order valence-corrected chi connectivity index (χ4v) is 9.12. The number of ether oxygens (including phenoxy) is 5. The summed E-state index contributed by atoms with van der Waals surface area (Å²) in [5.41, 5.74) is 8.19. The number of esters is 1. The molecule has 0 saturated carbocycles. The number of aliphatic hydroxyl groups excluding tert-OH is 1. The number of cyclic esters (lactones) is 1. The van der Waals surface area contributed by atoms with E-state index in [9.17, 15) is 24.3 Å². The van der Waals surface area contributed by atoms with E-state index in [-0.39, 0.29) is 37.3 Å². The molecule has 1 amide bonds. The molecule has 16 heteroatoms. The Morgan fingerprint density at radius 3 is 2.44 bits per heavy atom. The molecule has 3 fully saturated rings. The van der Waals surface area contributed by atoms with Crippen molar-refractivity contribution >= 4 is 35.5 Å². The van der Waals surface area contributed by atoms with Crippen LogP contribution in [-0.4, -0.2) is 135 Å². The lowest BCUT2D eigenvalue weighted by Crippen LogP contribution is -2.60. The zero-order valence-corrected chi connectivity index (χ0v) is 36.2. The van der Waals surface area contributed by atoms with Crippen LogP contribution in [0.15, 0.2) is 42.3 Å². The van der Waals surface area contributed by atoms with E-state index >= 15 is 0 Å². The number of Topliss-reactive ketones (excluding diaryl/α,β-unsaturated/α-hetero) is 2. The highest BCUT2D eigenvalue weighted by Gasteiger charge is 2.60. The highest BCUT2D eigenvalue weighted by atomic mass is 16.7. The summed E-state index contributed by atoms with van der Waals surface area (Å²) in [5, 5.41) is 19.8. The number of nitrogens with zero attached hydrogens (tertiary/aromatic N) is 5. The fourth-order valence-electron chi connectivity index (χ4n) is 9.12. The number of likely N-dealkylation sites (N-methyl/N-ethyl adjacent to an activating group) is 1. The van der Waals surface area contributed by atoms with Crippen molar-refractivity contribution in [2.24, 2.45) is 23.7 Å². The predicted molar refractivity (Wildman–Crippen MR) is 218 cm³/mol. The van der Waals surface area contributed by atoms with Gasteiger partial charge < -0.3 is 39.4 Å². The average Bonchev–Trinajstić information content (AvgIpc) is 3.77. The van der Waals surface area contributed by atoms with Crippen LogP contribution in [0.5, 0.6) is 0 Å². The Morgan fingerprint density at radius 2 is 1.80 bits per heavy atom. The lowest BCUT2D eigenvalue weighted by Gasteiger charge is -2.47. The molecular formula is C43H62N6O10. The molecular weight excluding hydrogens is 761 g/mol. The molecule has 0 aliphatic carbocycles. The molecule has 0 spiro atoms. The Labute approximate surface area is 347 Å². The summed E-state index contributed by atoms with van der Waals surface area (Å²) in [4.78, 5) is 60.1. The first-order valence-electron chi connectivity index (χ1n) is 20.4. The Morgan fingerprint density at radius 1 is 1.08 bits per heavy atom. The molecule has 3 aliphatic heterocycles. The van der Waals surface area contributed by atoms with E-state index in [0.717, 1.165) is 5.56 Å². The van der Waals surface area contributed by atoms with Gasteiger partial charge in [-0.2, -0.15) is 0 Å². The van der Waals surface area contributed by atoms with Crippen molar-refractivity contribution in [1.29, 1.82) is 0 Å². The molecule has 1 aromatic heterocycles. The summed E-state index contributed by atoms with van der Waals surface area (Å²) in [6.45, 7) is 13.7. The van der Waals surface area contributed by atoms with Crippen LogP contribution in [-0.2, 0) is 38.1 Å². The molecule has 59 heavy (non-hydrogen) atoms. The Hall–Kier alpha value is -4.44. The van der Waals surface area contributed by atoms with Gasteiger partial charge in [0.15, 0.2) is 17.7 Å². The average molecular weight is 823 g/mol.